The molecule has 0 aliphatic carbocycles. The van der Waals surface area contributed by atoms with Crippen molar-refractivity contribution in [2.45, 2.75) is 155 Å². The molecule has 522 valence electrons. The molecule has 3 aliphatic heterocycles. The van der Waals surface area contributed by atoms with E-state index >= 15 is 0 Å². The molecule has 32 nitrogen and oxygen atoms in total. The van der Waals surface area contributed by atoms with Crippen LogP contribution in [0, 0.1) is 11.8 Å². The van der Waals surface area contributed by atoms with Gasteiger partial charge >= 0.3 is 18.0 Å². The van der Waals surface area contributed by atoms with Gasteiger partial charge in [-0.15, -0.1) is 15.3 Å². The molecule has 2 aromatic carbocycles. The number of aliphatic hydroxyl groups excluding tert-OH is 2. The Kier molecular flexibility index (Phi) is 32.6. The van der Waals surface area contributed by atoms with Crippen LogP contribution in [0.3, 0.4) is 0 Å². The minimum atomic E-state index is -1.00. The monoisotopic (exact) mass is 1340 g/mol. The van der Waals surface area contributed by atoms with Crippen molar-refractivity contribution in [2.75, 3.05) is 44.0 Å². The summed E-state index contributed by atoms with van der Waals surface area (Å²) in [7, 11) is -1.00. The number of rotatable bonds is 34. The van der Waals surface area contributed by atoms with Crippen molar-refractivity contribution < 1.29 is 78.3 Å². The largest absolute Gasteiger partial charge is 0.392 e. The van der Waals surface area contributed by atoms with E-state index in [0.717, 1.165) is 10.5 Å². The molecule has 13 amide bonds. The zero-order chi connectivity index (χ0) is 71.6. The number of benzene rings is 2. The van der Waals surface area contributed by atoms with Crippen LogP contribution >= 0.6 is 0 Å². The van der Waals surface area contributed by atoms with Crippen molar-refractivity contribution in [2.24, 2.45) is 29.0 Å². The predicted octanol–water partition coefficient (Wildman–Crippen LogP) is 3.42. The smallest absolute Gasteiger partial charge is 0.333 e. The van der Waals surface area contributed by atoms with Gasteiger partial charge in [0.2, 0.25) is 17.7 Å². The Morgan fingerprint density at radius 2 is 1.00 bits per heavy atom. The lowest BCUT2D eigenvalue weighted by atomic mass is 10.0. The third-order valence-electron chi connectivity index (χ3n) is 14.9. The number of aromatic nitrogens is 6. The van der Waals surface area contributed by atoms with E-state index in [-0.39, 0.29) is 105 Å². The maximum absolute atomic E-state index is 13.3. The van der Waals surface area contributed by atoms with Gasteiger partial charge in [0, 0.05) is 87.5 Å². The number of primary amides is 2. The standard InChI is InChI=1S/C29H40N8O6.C19H29N7O3.C14H16N2O6.CH3F/c1-19(2)27(33-24(39)8-4-3-5-16-36-25(40)13-14-26(36)41)22-17-37(35-34-22)23(7-6-15-31-29(30)43)28(42)32-21-11-9-20(18-38)10-12-21;1-12(2)17(20)15-10-26(25-24-15)16(4-3-9-22-19(21)29)18(28)23-14-7-5-13(11-27)6-8-14;17-10-5-6-11(18)15(10)9-3-1-2-4-14(21)22-16-12(19)7-8-13(16)20;1-2/h9-14,17,19,23,27,38H,3-8,15-16,18H2,1-2H3,(H,32,42)(H,33,39)(H3,30,31,43);5-8,10,12,16-17,27H,3-4,9,11,20H2,1-2H3,(H,23,28)(H3,21,22,29);5-6H,1-4,7-9H2;1H3/t23-,27-;16-,17-;;/m00../s1/i;;;1D. The molecule has 96 heavy (non-hydrogen) atoms. The Labute approximate surface area is 555 Å². The minimum absolute atomic E-state index is 0.0223. The van der Waals surface area contributed by atoms with Crippen LogP contribution in [0.25, 0.3) is 0 Å². The van der Waals surface area contributed by atoms with Crippen LogP contribution in [0.5, 0.6) is 0 Å². The van der Waals surface area contributed by atoms with Crippen molar-refractivity contribution in [1.29, 1.82) is 0 Å². The van der Waals surface area contributed by atoms with Gasteiger partial charge in [0.05, 0.1) is 51.9 Å². The van der Waals surface area contributed by atoms with Gasteiger partial charge in [-0.1, -0.05) is 75.2 Å². The Morgan fingerprint density at radius 1 is 0.594 bits per heavy atom. The number of urea groups is 2. The highest BCUT2D eigenvalue weighted by Crippen LogP contribution is 2.25. The molecule has 0 spiro atoms. The molecule has 1 saturated heterocycles. The number of nitrogens with zero attached hydrogens (tertiary/aromatic N) is 9. The number of halogens is 1. The molecule has 1 fully saturated rings. The number of carbonyl (C=O) groups is 12. The number of nitrogens with two attached hydrogens (primary N) is 3. The Bertz CT molecular complexity index is 3310. The summed E-state index contributed by atoms with van der Waals surface area (Å²) < 4.78 is 18.5. The zero-order valence-electron chi connectivity index (χ0n) is 55.2. The van der Waals surface area contributed by atoms with E-state index < -0.39 is 55.1 Å². The predicted molar refractivity (Wildman–Crippen MR) is 344 cm³/mol. The number of hydroxylamine groups is 2. The van der Waals surface area contributed by atoms with E-state index in [4.69, 9.17) is 28.5 Å². The van der Waals surface area contributed by atoms with E-state index in [9.17, 15) is 67.0 Å². The number of hydrogen-bond donors (Lipinski definition) is 10. The third kappa shape index (κ3) is 26.0. The fraction of sp³-hybridized carbons (Fsp3) is 0.492. The highest BCUT2D eigenvalue weighted by molar-refractivity contribution is 6.13. The first-order chi connectivity index (χ1) is 46.3. The molecule has 33 heteroatoms. The summed E-state index contributed by atoms with van der Waals surface area (Å²) in [5, 5.41) is 49.4. The molecule has 7 rings (SSSR count). The van der Waals surface area contributed by atoms with Crippen molar-refractivity contribution in [3.8, 4) is 0 Å². The molecule has 0 radical (unpaired) electrons. The second-order valence-corrected chi connectivity index (χ2v) is 22.9. The highest BCUT2D eigenvalue weighted by atomic mass is 19.1. The molecular weight excluding hydrogens is 1250 g/mol. The van der Waals surface area contributed by atoms with Gasteiger partial charge in [-0.3, -0.25) is 57.3 Å². The summed E-state index contributed by atoms with van der Waals surface area (Å²) in [5.74, 6) is -3.53. The number of hydrogen-bond acceptors (Lipinski definition) is 20. The van der Waals surface area contributed by atoms with Gasteiger partial charge in [0.15, 0.2) is 0 Å². The molecule has 0 saturated carbocycles. The molecule has 0 bridgehead atoms. The van der Waals surface area contributed by atoms with E-state index in [1.54, 1.807) is 60.9 Å². The van der Waals surface area contributed by atoms with Gasteiger partial charge in [0.25, 0.3) is 35.4 Å². The molecule has 13 N–H and O–H groups in total. The number of unbranched alkanes of at least 4 members (excludes halogenated alkanes) is 4. The van der Waals surface area contributed by atoms with Gasteiger partial charge in [-0.2, -0.15) is 0 Å². The van der Waals surface area contributed by atoms with Crippen molar-refractivity contribution in [3.05, 3.63) is 108 Å². The number of anilines is 2. The first-order valence-electron chi connectivity index (χ1n) is 32.0. The average molecular weight is 1340 g/mol. The summed E-state index contributed by atoms with van der Waals surface area (Å²) in [6, 6.07) is 10.3. The second kappa shape index (κ2) is 40.8. The van der Waals surface area contributed by atoms with E-state index in [1.165, 1.54) is 38.6 Å². The lowest BCUT2D eigenvalue weighted by Crippen LogP contribution is -2.32. The van der Waals surface area contributed by atoms with Crippen LogP contribution in [-0.4, -0.2) is 160 Å². The summed E-state index contributed by atoms with van der Waals surface area (Å²) >= 11 is 0. The lowest BCUT2D eigenvalue weighted by molar-refractivity contribution is -0.197. The molecule has 0 unspecified atom stereocenters. The average Bonchev–Trinajstić information content (AvgIpc) is 1.77. The summed E-state index contributed by atoms with van der Waals surface area (Å²) in [4.78, 5) is 148. The van der Waals surface area contributed by atoms with Crippen molar-refractivity contribution in [3.63, 3.8) is 0 Å². The molecule has 5 heterocycles. The quantitative estimate of drug-likeness (QED) is 0.0237. The van der Waals surface area contributed by atoms with Crippen LogP contribution in [0.4, 0.5) is 25.4 Å². The summed E-state index contributed by atoms with van der Waals surface area (Å²) in [5.41, 5.74) is 20.1. The maximum atomic E-state index is 13.3. The number of amides is 13. The summed E-state index contributed by atoms with van der Waals surface area (Å²) in [6.07, 6.45) is 14.0. The van der Waals surface area contributed by atoms with Crippen LogP contribution < -0.4 is 43.8 Å². The summed E-state index contributed by atoms with van der Waals surface area (Å²) in [6.45, 7) is 8.93. The molecule has 3 aliphatic rings. The van der Waals surface area contributed by atoms with Gasteiger partial charge in [0.1, 0.15) is 17.8 Å². The minimum Gasteiger partial charge on any atom is -0.392 e. The van der Waals surface area contributed by atoms with Crippen LogP contribution in [0.2, 0.25) is 0 Å². The fourth-order valence-electron chi connectivity index (χ4n) is 9.53. The second-order valence-electron chi connectivity index (χ2n) is 22.9. The number of aliphatic hydroxyl groups is 2. The molecule has 4 aromatic rings. The number of nitrogens with one attached hydrogen (secondary N) is 5. The highest BCUT2D eigenvalue weighted by Gasteiger charge is 2.33. The Hall–Kier alpha value is -10.2. The van der Waals surface area contributed by atoms with Gasteiger partial charge in [-0.25, -0.2) is 23.7 Å². The van der Waals surface area contributed by atoms with Crippen molar-refractivity contribution >= 4 is 82.6 Å². The zero-order valence-corrected chi connectivity index (χ0v) is 54.2. The third-order valence-corrected chi connectivity index (χ3v) is 14.9. The van der Waals surface area contributed by atoms with Gasteiger partial charge in [-0.05, 0) is 98.6 Å². The molecule has 2 aromatic heterocycles. The Morgan fingerprint density at radius 3 is 1.40 bits per heavy atom. The number of imide groups is 3. The first-order valence-corrected chi connectivity index (χ1v) is 31.3. The normalized spacial score (nSPS) is 14.6. The molecule has 4 atom stereocenters. The van der Waals surface area contributed by atoms with Crippen LogP contribution in [0.1, 0.15) is 166 Å². The topological polar surface area (TPSA) is 464 Å². The van der Waals surface area contributed by atoms with Crippen LogP contribution in [0.15, 0.2) is 85.2 Å². The van der Waals surface area contributed by atoms with Crippen LogP contribution in [-0.2, 0) is 66.0 Å². The number of alkyl halides is 1. The van der Waals surface area contributed by atoms with E-state index in [1.807, 2.05) is 27.7 Å². The fourth-order valence-corrected chi connectivity index (χ4v) is 9.53. The van der Waals surface area contributed by atoms with Crippen molar-refractivity contribution in [1.82, 2.24) is 60.8 Å². The van der Waals surface area contributed by atoms with Gasteiger partial charge < -0.3 is 58.8 Å². The first kappa shape index (κ1) is 76.6. The maximum Gasteiger partial charge on any atom is 0.333 e. The SMILES string of the molecule is CC(C)[C@H](N)c1cn([C@@H](CCCNC(N)=O)C(=O)Nc2ccc(CO)cc2)nn1.CC(C)[C@H](NC(=O)CCCCCN1C(=O)C=CC1=O)c1cn([C@@H](CCCNC(N)=O)C(=O)Nc2ccc(CO)cc2)nn1.O=C(CCCCCN1C(=O)C=CC1=O)ON1C(=O)CCC1=O.[2H]CF. The van der Waals surface area contributed by atoms with E-state index in [0.29, 0.717) is 117 Å². The Balaban J connectivity index is 0.000000320. The molecular formula is C63H88FN17O15. The number of carbonyl (C=O) groups excluding carboxylic acids is 12. The lowest BCUT2D eigenvalue weighted by Gasteiger charge is -2.20. The van der Waals surface area contributed by atoms with E-state index in [2.05, 4.69) is 47.2 Å².